The van der Waals surface area contributed by atoms with Crippen LogP contribution in [-0.2, 0) is 4.79 Å². The van der Waals surface area contributed by atoms with E-state index in [9.17, 15) is 9.90 Å². The maximum absolute atomic E-state index is 10.1. The molecule has 0 fully saturated rings. The molecule has 1 rings (SSSR count). The van der Waals surface area contributed by atoms with E-state index in [0.717, 1.165) is 5.57 Å². The first kappa shape index (κ1) is 8.53. The quantitative estimate of drug-likeness (QED) is 0.533. The average molecular weight is 162 g/mol. The number of hydrogen-bond acceptors (Lipinski definition) is 2. The molecule has 2 nitrogen and oxygen atoms in total. The van der Waals surface area contributed by atoms with Gasteiger partial charge in [-0.2, -0.15) is 0 Å². The van der Waals surface area contributed by atoms with Crippen molar-refractivity contribution in [2.75, 3.05) is 0 Å². The van der Waals surface area contributed by atoms with Crippen molar-refractivity contribution in [1.29, 1.82) is 0 Å². The van der Waals surface area contributed by atoms with Crippen LogP contribution in [0.3, 0.4) is 0 Å². The summed E-state index contributed by atoms with van der Waals surface area (Å²) in [6.45, 7) is 1.78. The van der Waals surface area contributed by atoms with E-state index in [-0.39, 0.29) is 5.75 Å². The minimum atomic E-state index is 0.202. The predicted molar refractivity (Wildman–Crippen MR) is 47.8 cm³/mol. The van der Waals surface area contributed by atoms with E-state index in [4.69, 9.17) is 0 Å². The molecule has 0 amide bonds. The summed E-state index contributed by atoms with van der Waals surface area (Å²) in [5.41, 5.74) is 1.47. The number of para-hydroxylation sites is 1. The van der Waals surface area contributed by atoms with Crippen molar-refractivity contribution < 1.29 is 9.90 Å². The number of rotatable bonds is 2. The minimum Gasteiger partial charge on any atom is -0.507 e. The third-order valence-electron chi connectivity index (χ3n) is 1.65. The summed E-state index contributed by atoms with van der Waals surface area (Å²) in [4.78, 5) is 10.1. The van der Waals surface area contributed by atoms with Gasteiger partial charge in [-0.25, -0.2) is 0 Å². The van der Waals surface area contributed by atoms with Gasteiger partial charge in [-0.3, -0.25) is 4.79 Å². The molecular weight excluding hydrogens is 152 g/mol. The van der Waals surface area contributed by atoms with Gasteiger partial charge < -0.3 is 5.11 Å². The summed E-state index contributed by atoms with van der Waals surface area (Å²) in [5.74, 6) is 0.202. The van der Waals surface area contributed by atoms with E-state index < -0.39 is 0 Å². The molecule has 62 valence electrons. The molecule has 0 saturated heterocycles. The zero-order chi connectivity index (χ0) is 8.97. The monoisotopic (exact) mass is 162 g/mol. The van der Waals surface area contributed by atoms with Crippen LogP contribution in [0.25, 0.3) is 5.57 Å². The Hall–Kier alpha value is -1.57. The smallest absolute Gasteiger partial charge is 0.143 e. The van der Waals surface area contributed by atoms with Gasteiger partial charge in [0, 0.05) is 5.56 Å². The van der Waals surface area contributed by atoms with Crippen LogP contribution >= 0.6 is 0 Å². The molecule has 0 unspecified atom stereocenters. The molecule has 0 bridgehead atoms. The number of benzene rings is 1. The highest BCUT2D eigenvalue weighted by atomic mass is 16.3. The molecule has 2 heteroatoms. The lowest BCUT2D eigenvalue weighted by atomic mass is 10.1. The Labute approximate surface area is 71.2 Å². The molecule has 0 aliphatic rings. The van der Waals surface area contributed by atoms with Crippen LogP contribution in [0.1, 0.15) is 12.5 Å². The first-order valence-corrected chi connectivity index (χ1v) is 3.66. The molecule has 1 N–H and O–H groups in total. The fourth-order valence-corrected chi connectivity index (χ4v) is 0.999. The van der Waals surface area contributed by atoms with Gasteiger partial charge in [-0.15, -0.1) is 0 Å². The second-order valence-electron chi connectivity index (χ2n) is 2.50. The van der Waals surface area contributed by atoms with Crippen molar-refractivity contribution in [2.24, 2.45) is 0 Å². The number of carbonyl (C=O) groups is 1. The van der Waals surface area contributed by atoms with Crippen molar-refractivity contribution in [1.82, 2.24) is 0 Å². The third-order valence-corrected chi connectivity index (χ3v) is 1.65. The Bertz CT molecular complexity index is 313. The number of allylic oxidation sites excluding steroid dienone is 2. The number of phenolic OH excluding ortho intramolecular Hbond substituents is 1. The molecule has 0 radical (unpaired) electrons. The Balaban J connectivity index is 3.10. The van der Waals surface area contributed by atoms with Crippen LogP contribution in [0.4, 0.5) is 0 Å². The maximum atomic E-state index is 10.1. The van der Waals surface area contributed by atoms with E-state index >= 15 is 0 Å². The van der Waals surface area contributed by atoms with Crippen LogP contribution in [-0.4, -0.2) is 11.4 Å². The normalized spacial score (nSPS) is 11.2. The van der Waals surface area contributed by atoms with Crippen molar-refractivity contribution in [3.63, 3.8) is 0 Å². The fourth-order valence-electron chi connectivity index (χ4n) is 0.999. The lowest BCUT2D eigenvalue weighted by molar-refractivity contribution is -0.104. The number of aromatic hydroxyl groups is 1. The molecule has 0 atom stereocenters. The number of carbonyl (C=O) groups excluding carboxylic acids is 1. The van der Waals surface area contributed by atoms with E-state index in [0.29, 0.717) is 11.8 Å². The summed E-state index contributed by atoms with van der Waals surface area (Å²) in [6.07, 6.45) is 2.14. The zero-order valence-electron chi connectivity index (χ0n) is 6.82. The summed E-state index contributed by atoms with van der Waals surface area (Å²) in [6, 6.07) is 6.92. The summed E-state index contributed by atoms with van der Waals surface area (Å²) in [7, 11) is 0. The lowest BCUT2D eigenvalue weighted by Crippen LogP contribution is -1.80. The van der Waals surface area contributed by atoms with Gasteiger partial charge in [0.05, 0.1) is 0 Å². The third kappa shape index (κ3) is 1.72. The van der Waals surface area contributed by atoms with Gasteiger partial charge in [0.25, 0.3) is 0 Å². The molecule has 0 spiro atoms. The predicted octanol–water partition coefficient (Wildman–Crippen LogP) is 1.99. The highest BCUT2D eigenvalue weighted by Gasteiger charge is 1.99. The van der Waals surface area contributed by atoms with Crippen LogP contribution in [0.15, 0.2) is 30.3 Å². The Morgan fingerprint density at radius 2 is 2.08 bits per heavy atom. The van der Waals surface area contributed by atoms with Crippen LogP contribution < -0.4 is 0 Å². The van der Waals surface area contributed by atoms with E-state index in [1.807, 2.05) is 6.07 Å². The maximum Gasteiger partial charge on any atom is 0.143 e. The highest BCUT2D eigenvalue weighted by Crippen LogP contribution is 2.23. The molecule has 12 heavy (non-hydrogen) atoms. The van der Waals surface area contributed by atoms with Gasteiger partial charge >= 0.3 is 0 Å². The van der Waals surface area contributed by atoms with Gasteiger partial charge in [-0.05, 0) is 24.6 Å². The largest absolute Gasteiger partial charge is 0.507 e. The fraction of sp³-hybridized carbons (Fsp3) is 0.100. The molecule has 1 aromatic carbocycles. The van der Waals surface area contributed by atoms with Crippen molar-refractivity contribution in [3.05, 3.63) is 35.9 Å². The molecule has 0 aliphatic heterocycles. The van der Waals surface area contributed by atoms with Gasteiger partial charge in [0.2, 0.25) is 0 Å². The molecule has 0 aliphatic carbocycles. The highest BCUT2D eigenvalue weighted by molar-refractivity contribution is 5.82. The first-order valence-electron chi connectivity index (χ1n) is 3.66. The van der Waals surface area contributed by atoms with Gasteiger partial charge in [0.15, 0.2) is 0 Å². The van der Waals surface area contributed by atoms with Crippen molar-refractivity contribution >= 4 is 11.9 Å². The van der Waals surface area contributed by atoms with Gasteiger partial charge in [0.1, 0.15) is 12.0 Å². The number of aldehydes is 1. The van der Waals surface area contributed by atoms with E-state index in [1.54, 1.807) is 25.1 Å². The Morgan fingerprint density at radius 1 is 1.42 bits per heavy atom. The van der Waals surface area contributed by atoms with E-state index in [2.05, 4.69) is 0 Å². The summed E-state index contributed by atoms with van der Waals surface area (Å²) >= 11 is 0. The van der Waals surface area contributed by atoms with Gasteiger partial charge in [-0.1, -0.05) is 18.2 Å². The topological polar surface area (TPSA) is 37.3 Å². The Morgan fingerprint density at radius 3 is 2.67 bits per heavy atom. The van der Waals surface area contributed by atoms with Crippen molar-refractivity contribution in [3.8, 4) is 5.75 Å². The lowest BCUT2D eigenvalue weighted by Gasteiger charge is -2.01. The van der Waals surface area contributed by atoms with Crippen LogP contribution in [0.5, 0.6) is 5.75 Å². The second kappa shape index (κ2) is 3.72. The second-order valence-corrected chi connectivity index (χ2v) is 2.50. The molecule has 0 heterocycles. The number of hydrogen-bond donors (Lipinski definition) is 1. The minimum absolute atomic E-state index is 0.202. The molecule has 0 aromatic heterocycles. The molecule has 0 saturated carbocycles. The zero-order valence-corrected chi connectivity index (χ0v) is 6.82. The Kier molecular flexibility index (Phi) is 2.64. The standard InChI is InChI=1S/C10H10O2/c1-8(6-7-11)9-4-2-3-5-10(9)12/h2-7,12H,1H3/b8-6-. The van der Waals surface area contributed by atoms with Crippen molar-refractivity contribution in [2.45, 2.75) is 6.92 Å². The van der Waals surface area contributed by atoms with Crippen LogP contribution in [0, 0.1) is 0 Å². The van der Waals surface area contributed by atoms with E-state index in [1.165, 1.54) is 6.08 Å². The SMILES string of the molecule is C/C(=C/C=O)c1ccccc1O. The summed E-state index contributed by atoms with van der Waals surface area (Å²) in [5, 5.41) is 9.35. The average Bonchev–Trinajstić information content (AvgIpc) is 2.05. The first-order chi connectivity index (χ1) is 5.75. The molecular formula is C10H10O2. The number of phenols is 1. The van der Waals surface area contributed by atoms with Crippen LogP contribution in [0.2, 0.25) is 0 Å². The summed E-state index contributed by atoms with van der Waals surface area (Å²) < 4.78 is 0. The molecule has 1 aromatic rings.